The Balaban J connectivity index is 1.68. The molecule has 0 heterocycles. The van der Waals surface area contributed by atoms with Crippen molar-refractivity contribution in [3.63, 3.8) is 0 Å². The lowest BCUT2D eigenvalue weighted by Gasteiger charge is -2.33. The predicted molar refractivity (Wildman–Crippen MR) is 111 cm³/mol. The SMILES string of the molecule is CCN(C(=O)COC(=O)c1ccccc1C(=O)c1ccccc1)C1CCCCC1. The van der Waals surface area contributed by atoms with E-state index in [2.05, 4.69) is 0 Å². The molecule has 1 fully saturated rings. The summed E-state index contributed by atoms with van der Waals surface area (Å²) in [7, 11) is 0. The lowest BCUT2D eigenvalue weighted by atomic mass is 9.94. The molecule has 5 heteroatoms. The number of benzene rings is 2. The van der Waals surface area contributed by atoms with Gasteiger partial charge in [0.25, 0.3) is 5.91 Å². The van der Waals surface area contributed by atoms with Gasteiger partial charge < -0.3 is 9.64 Å². The summed E-state index contributed by atoms with van der Waals surface area (Å²) in [6.45, 7) is 2.24. The zero-order chi connectivity index (χ0) is 20.6. The lowest BCUT2D eigenvalue weighted by molar-refractivity contribution is -0.137. The number of ether oxygens (including phenoxy) is 1. The highest BCUT2D eigenvalue weighted by Crippen LogP contribution is 2.23. The van der Waals surface area contributed by atoms with E-state index in [0.29, 0.717) is 12.1 Å². The molecule has 3 rings (SSSR count). The molecule has 0 atom stereocenters. The van der Waals surface area contributed by atoms with Crippen molar-refractivity contribution in [2.75, 3.05) is 13.2 Å². The van der Waals surface area contributed by atoms with Gasteiger partial charge in [0.05, 0.1) is 5.56 Å². The molecule has 5 nitrogen and oxygen atoms in total. The third kappa shape index (κ3) is 5.11. The number of esters is 1. The highest BCUT2D eigenvalue weighted by Gasteiger charge is 2.26. The van der Waals surface area contributed by atoms with E-state index in [1.165, 1.54) is 6.42 Å². The van der Waals surface area contributed by atoms with Gasteiger partial charge in [0.15, 0.2) is 12.4 Å². The van der Waals surface area contributed by atoms with Crippen LogP contribution in [-0.2, 0) is 9.53 Å². The van der Waals surface area contributed by atoms with Gasteiger partial charge >= 0.3 is 5.97 Å². The summed E-state index contributed by atoms with van der Waals surface area (Å²) in [4.78, 5) is 39.9. The molecule has 0 aromatic heterocycles. The van der Waals surface area contributed by atoms with E-state index in [1.807, 2.05) is 17.9 Å². The van der Waals surface area contributed by atoms with Crippen molar-refractivity contribution in [1.29, 1.82) is 0 Å². The van der Waals surface area contributed by atoms with E-state index < -0.39 is 5.97 Å². The number of hydrogen-bond acceptors (Lipinski definition) is 4. The fraction of sp³-hybridized carbons (Fsp3) is 0.375. The molecule has 0 radical (unpaired) electrons. The van der Waals surface area contributed by atoms with Crippen LogP contribution in [0.1, 0.15) is 65.3 Å². The van der Waals surface area contributed by atoms with Crippen LogP contribution in [-0.4, -0.2) is 41.8 Å². The van der Waals surface area contributed by atoms with Crippen LogP contribution in [0.2, 0.25) is 0 Å². The van der Waals surface area contributed by atoms with Crippen LogP contribution >= 0.6 is 0 Å². The topological polar surface area (TPSA) is 63.7 Å². The first kappa shape index (κ1) is 20.8. The largest absolute Gasteiger partial charge is 0.452 e. The van der Waals surface area contributed by atoms with Crippen molar-refractivity contribution in [3.8, 4) is 0 Å². The Morgan fingerprint density at radius 3 is 2.17 bits per heavy atom. The average Bonchev–Trinajstić information content (AvgIpc) is 2.79. The molecule has 2 aromatic rings. The smallest absolute Gasteiger partial charge is 0.339 e. The van der Waals surface area contributed by atoms with E-state index in [-0.39, 0.29) is 35.5 Å². The van der Waals surface area contributed by atoms with Crippen molar-refractivity contribution < 1.29 is 19.1 Å². The summed E-state index contributed by atoms with van der Waals surface area (Å²) in [5, 5.41) is 0. The van der Waals surface area contributed by atoms with E-state index in [0.717, 1.165) is 25.7 Å². The number of carbonyl (C=O) groups excluding carboxylic acids is 3. The Morgan fingerprint density at radius 1 is 0.897 bits per heavy atom. The number of nitrogens with zero attached hydrogens (tertiary/aromatic N) is 1. The summed E-state index contributed by atoms with van der Waals surface area (Å²) >= 11 is 0. The molecule has 1 saturated carbocycles. The first-order chi connectivity index (χ1) is 14.1. The molecule has 2 aromatic carbocycles. The van der Waals surface area contributed by atoms with Crippen LogP contribution in [0.15, 0.2) is 54.6 Å². The van der Waals surface area contributed by atoms with Crippen molar-refractivity contribution in [2.24, 2.45) is 0 Å². The fourth-order valence-electron chi connectivity index (χ4n) is 3.92. The minimum Gasteiger partial charge on any atom is -0.452 e. The van der Waals surface area contributed by atoms with Crippen LogP contribution in [0, 0.1) is 0 Å². The third-order valence-corrected chi connectivity index (χ3v) is 5.43. The molecule has 0 aliphatic heterocycles. The maximum atomic E-state index is 12.8. The summed E-state index contributed by atoms with van der Waals surface area (Å²) in [5.41, 5.74) is 0.948. The molecule has 29 heavy (non-hydrogen) atoms. The van der Waals surface area contributed by atoms with Crippen LogP contribution in [0.25, 0.3) is 0 Å². The number of ketones is 1. The van der Waals surface area contributed by atoms with Gasteiger partial charge in [0, 0.05) is 23.7 Å². The van der Waals surface area contributed by atoms with Gasteiger partial charge in [0.1, 0.15) is 0 Å². The molecule has 0 unspecified atom stereocenters. The Bertz CT molecular complexity index is 856. The van der Waals surface area contributed by atoms with Gasteiger partial charge in [0.2, 0.25) is 0 Å². The highest BCUT2D eigenvalue weighted by molar-refractivity contribution is 6.14. The molecule has 1 amide bonds. The molecule has 0 N–H and O–H groups in total. The number of amides is 1. The van der Waals surface area contributed by atoms with Crippen LogP contribution < -0.4 is 0 Å². The number of carbonyl (C=O) groups is 3. The maximum absolute atomic E-state index is 12.8. The Kier molecular flexibility index (Phi) is 7.17. The average molecular weight is 393 g/mol. The minimum atomic E-state index is -0.655. The predicted octanol–water partition coefficient (Wildman–Crippen LogP) is 4.26. The number of hydrogen-bond donors (Lipinski definition) is 0. The standard InChI is InChI=1S/C24H27NO4/c1-2-25(19-13-7-4-8-14-19)22(26)17-29-24(28)21-16-10-9-15-20(21)23(27)18-11-5-3-6-12-18/h3,5-6,9-12,15-16,19H,2,4,7-8,13-14,17H2,1H3. The van der Waals surface area contributed by atoms with Crippen molar-refractivity contribution in [2.45, 2.75) is 45.1 Å². The number of rotatable bonds is 7. The molecule has 1 aliphatic carbocycles. The van der Waals surface area contributed by atoms with Gasteiger partial charge in [-0.2, -0.15) is 0 Å². The Morgan fingerprint density at radius 2 is 1.52 bits per heavy atom. The molecule has 152 valence electrons. The quantitative estimate of drug-likeness (QED) is 0.521. The van der Waals surface area contributed by atoms with Crippen LogP contribution in [0.4, 0.5) is 0 Å². The molecule has 0 spiro atoms. The fourth-order valence-corrected chi connectivity index (χ4v) is 3.92. The molecular weight excluding hydrogens is 366 g/mol. The minimum absolute atomic E-state index is 0.176. The van der Waals surface area contributed by atoms with Gasteiger partial charge in [-0.05, 0) is 25.8 Å². The Hall–Kier alpha value is -2.95. The second-order valence-corrected chi connectivity index (χ2v) is 7.29. The van der Waals surface area contributed by atoms with Gasteiger partial charge in [-0.25, -0.2) is 4.79 Å². The van der Waals surface area contributed by atoms with Crippen molar-refractivity contribution in [1.82, 2.24) is 4.90 Å². The summed E-state index contributed by atoms with van der Waals surface area (Å²) in [6, 6.07) is 15.6. The van der Waals surface area contributed by atoms with E-state index >= 15 is 0 Å². The van der Waals surface area contributed by atoms with Gasteiger partial charge in [-0.15, -0.1) is 0 Å². The third-order valence-electron chi connectivity index (χ3n) is 5.43. The zero-order valence-electron chi connectivity index (χ0n) is 16.8. The summed E-state index contributed by atoms with van der Waals surface area (Å²) < 4.78 is 5.31. The van der Waals surface area contributed by atoms with E-state index in [9.17, 15) is 14.4 Å². The van der Waals surface area contributed by atoms with Gasteiger partial charge in [-0.3, -0.25) is 9.59 Å². The number of likely N-dealkylation sites (N-methyl/N-ethyl adjacent to an activating group) is 1. The van der Waals surface area contributed by atoms with Crippen LogP contribution in [0.5, 0.6) is 0 Å². The molecule has 1 aliphatic rings. The second kappa shape index (κ2) is 10.0. The first-order valence-electron chi connectivity index (χ1n) is 10.3. The Labute approximate surface area is 171 Å². The monoisotopic (exact) mass is 393 g/mol. The van der Waals surface area contributed by atoms with E-state index in [4.69, 9.17) is 4.74 Å². The molecule has 0 saturated heterocycles. The normalized spacial score (nSPS) is 14.2. The van der Waals surface area contributed by atoms with Crippen LogP contribution in [0.3, 0.4) is 0 Å². The second-order valence-electron chi connectivity index (χ2n) is 7.29. The van der Waals surface area contributed by atoms with Crippen molar-refractivity contribution in [3.05, 3.63) is 71.3 Å². The van der Waals surface area contributed by atoms with Crippen molar-refractivity contribution >= 4 is 17.7 Å². The van der Waals surface area contributed by atoms with Gasteiger partial charge in [-0.1, -0.05) is 67.8 Å². The van der Waals surface area contributed by atoms with E-state index in [1.54, 1.807) is 48.5 Å². The maximum Gasteiger partial charge on any atom is 0.339 e. The zero-order valence-corrected chi connectivity index (χ0v) is 16.8. The summed E-state index contributed by atoms with van der Waals surface area (Å²) in [5.74, 6) is -1.08. The summed E-state index contributed by atoms with van der Waals surface area (Å²) in [6.07, 6.45) is 5.47. The molecular formula is C24H27NO4. The highest BCUT2D eigenvalue weighted by atomic mass is 16.5. The molecule has 0 bridgehead atoms. The lowest BCUT2D eigenvalue weighted by Crippen LogP contribution is -2.43. The first-order valence-corrected chi connectivity index (χ1v) is 10.3.